The van der Waals surface area contributed by atoms with E-state index in [1.807, 2.05) is 19.9 Å². The fraction of sp³-hybridized carbons (Fsp3) is 0.333. The van der Waals surface area contributed by atoms with Crippen LogP contribution in [0.15, 0.2) is 6.07 Å². The highest BCUT2D eigenvalue weighted by atomic mass is 35.5. The van der Waals surface area contributed by atoms with E-state index in [2.05, 4.69) is 10.1 Å². The number of hydrogen-bond donors (Lipinski definition) is 2. The minimum absolute atomic E-state index is 0.170. The van der Waals surface area contributed by atoms with Crippen LogP contribution in [0.2, 0.25) is 5.02 Å². The Bertz CT molecular complexity index is 637. The summed E-state index contributed by atoms with van der Waals surface area (Å²) in [6, 6.07) is 1.81. The molecular formula is C12H15ClN4O2. The van der Waals surface area contributed by atoms with Crippen molar-refractivity contribution in [3.8, 4) is 11.4 Å². The Morgan fingerprint density at radius 3 is 2.47 bits per heavy atom. The first-order chi connectivity index (χ1) is 8.82. The van der Waals surface area contributed by atoms with Crippen molar-refractivity contribution >= 4 is 17.4 Å². The largest absolute Gasteiger partial charge is 0.594 e. The van der Waals surface area contributed by atoms with E-state index in [1.165, 1.54) is 4.68 Å². The van der Waals surface area contributed by atoms with Gasteiger partial charge in [0.1, 0.15) is 5.69 Å². The summed E-state index contributed by atoms with van der Waals surface area (Å²) in [5.74, 6) is 0.170. The van der Waals surface area contributed by atoms with Crippen molar-refractivity contribution in [2.75, 3.05) is 0 Å². The Morgan fingerprint density at radius 1 is 1.32 bits per heavy atom. The van der Waals surface area contributed by atoms with Crippen molar-refractivity contribution in [2.24, 2.45) is 7.05 Å². The number of nitrogens with zero attached hydrogens (tertiary/aromatic N) is 3. The number of aromatic nitrogens is 3. The van der Waals surface area contributed by atoms with Gasteiger partial charge in [-0.25, -0.2) is 14.9 Å². The van der Waals surface area contributed by atoms with Crippen LogP contribution >= 0.6 is 11.6 Å². The smallest absolute Gasteiger partial charge is 0.260 e. The van der Waals surface area contributed by atoms with Crippen LogP contribution in [0.5, 0.6) is 0 Å². The third kappa shape index (κ3) is 2.35. The third-order valence-electron chi connectivity index (χ3n) is 3.05. The number of pyridine rings is 1. The summed E-state index contributed by atoms with van der Waals surface area (Å²) in [6.07, 6.45) is 0. The van der Waals surface area contributed by atoms with Gasteiger partial charge in [0.15, 0.2) is 0 Å². The van der Waals surface area contributed by atoms with Gasteiger partial charge in [0.2, 0.25) is 0 Å². The SMILES string of the molecule is Cc1cc(Cl)c(C)nc1-c1nn(C)c([NH+]([O-])O)c1C. The minimum Gasteiger partial charge on any atom is -0.594 e. The van der Waals surface area contributed by atoms with Gasteiger partial charge in [0, 0.05) is 7.05 Å². The van der Waals surface area contributed by atoms with Gasteiger partial charge < -0.3 is 5.21 Å². The van der Waals surface area contributed by atoms with E-state index >= 15 is 0 Å². The molecule has 7 heteroatoms. The van der Waals surface area contributed by atoms with Crippen molar-refractivity contribution < 1.29 is 10.4 Å². The average molecular weight is 283 g/mol. The fourth-order valence-corrected chi connectivity index (χ4v) is 2.27. The second-order valence-electron chi connectivity index (χ2n) is 4.47. The molecule has 0 saturated carbocycles. The quantitative estimate of drug-likeness (QED) is 0.818. The average Bonchev–Trinajstić information content (AvgIpc) is 2.59. The number of rotatable bonds is 2. The van der Waals surface area contributed by atoms with Crippen LogP contribution in [0.1, 0.15) is 16.8 Å². The molecule has 0 saturated heterocycles. The molecule has 2 heterocycles. The molecule has 0 fully saturated rings. The first-order valence-corrected chi connectivity index (χ1v) is 6.11. The number of halogens is 1. The maximum Gasteiger partial charge on any atom is 0.260 e. The minimum atomic E-state index is -0.998. The van der Waals surface area contributed by atoms with Crippen molar-refractivity contribution in [1.82, 2.24) is 14.8 Å². The van der Waals surface area contributed by atoms with Crippen molar-refractivity contribution in [3.05, 3.63) is 33.1 Å². The molecule has 1 atom stereocenters. The monoisotopic (exact) mass is 282 g/mol. The Kier molecular flexibility index (Phi) is 3.60. The fourth-order valence-electron chi connectivity index (χ4n) is 2.07. The van der Waals surface area contributed by atoms with Gasteiger partial charge in [-0.1, -0.05) is 11.6 Å². The highest BCUT2D eigenvalue weighted by molar-refractivity contribution is 6.31. The molecule has 2 N–H and O–H groups in total. The van der Waals surface area contributed by atoms with E-state index in [-0.39, 0.29) is 5.82 Å². The summed E-state index contributed by atoms with van der Waals surface area (Å²) < 4.78 is 1.36. The second-order valence-corrected chi connectivity index (χ2v) is 4.88. The summed E-state index contributed by atoms with van der Waals surface area (Å²) in [6.45, 7) is 5.42. The molecule has 0 bridgehead atoms. The summed E-state index contributed by atoms with van der Waals surface area (Å²) in [7, 11) is 1.61. The molecule has 2 aromatic rings. The van der Waals surface area contributed by atoms with Gasteiger partial charge in [0.25, 0.3) is 5.82 Å². The molecule has 0 amide bonds. The van der Waals surface area contributed by atoms with Crippen LogP contribution in [0.3, 0.4) is 0 Å². The lowest BCUT2D eigenvalue weighted by Crippen LogP contribution is -3.00. The zero-order chi connectivity index (χ0) is 14.3. The van der Waals surface area contributed by atoms with E-state index in [0.29, 0.717) is 27.7 Å². The Balaban J connectivity index is 2.67. The molecule has 19 heavy (non-hydrogen) atoms. The summed E-state index contributed by atoms with van der Waals surface area (Å²) in [4.78, 5) is 4.42. The van der Waals surface area contributed by atoms with Crippen LogP contribution in [-0.4, -0.2) is 20.0 Å². The van der Waals surface area contributed by atoms with E-state index in [1.54, 1.807) is 14.0 Å². The van der Waals surface area contributed by atoms with Gasteiger partial charge in [-0.15, -0.1) is 0 Å². The van der Waals surface area contributed by atoms with Crippen LogP contribution in [0.4, 0.5) is 5.82 Å². The Labute approximate surface area is 115 Å². The van der Waals surface area contributed by atoms with Gasteiger partial charge in [0.05, 0.1) is 22.0 Å². The zero-order valence-corrected chi connectivity index (χ0v) is 11.9. The highest BCUT2D eigenvalue weighted by Crippen LogP contribution is 2.29. The van der Waals surface area contributed by atoms with Crippen molar-refractivity contribution in [2.45, 2.75) is 20.8 Å². The van der Waals surface area contributed by atoms with E-state index < -0.39 is 5.23 Å². The predicted octanol–water partition coefficient (Wildman–Crippen LogP) is 1.46. The molecule has 0 aliphatic heterocycles. The number of quaternary nitrogens is 1. The Hall–Kier alpha value is -1.47. The molecule has 0 aliphatic carbocycles. The third-order valence-corrected chi connectivity index (χ3v) is 3.44. The lowest BCUT2D eigenvalue weighted by molar-refractivity contribution is -0.994. The molecule has 0 aliphatic rings. The van der Waals surface area contributed by atoms with Crippen LogP contribution in [0, 0.1) is 26.0 Å². The first kappa shape index (κ1) is 14.0. The summed E-state index contributed by atoms with van der Waals surface area (Å²) >= 11 is 6.02. The summed E-state index contributed by atoms with van der Waals surface area (Å²) in [5, 5.41) is 24.2. The first-order valence-electron chi connectivity index (χ1n) is 5.74. The summed E-state index contributed by atoms with van der Waals surface area (Å²) in [5.41, 5.74) is 3.42. The second kappa shape index (κ2) is 4.90. The van der Waals surface area contributed by atoms with Gasteiger partial charge in [-0.2, -0.15) is 10.3 Å². The molecule has 1 unspecified atom stereocenters. The van der Waals surface area contributed by atoms with Gasteiger partial charge in [-0.3, -0.25) is 0 Å². The van der Waals surface area contributed by atoms with E-state index in [9.17, 15) is 10.4 Å². The van der Waals surface area contributed by atoms with Crippen LogP contribution in [-0.2, 0) is 7.05 Å². The van der Waals surface area contributed by atoms with E-state index in [4.69, 9.17) is 11.6 Å². The maximum atomic E-state index is 11.2. The van der Waals surface area contributed by atoms with Crippen molar-refractivity contribution in [3.63, 3.8) is 0 Å². The molecular weight excluding hydrogens is 268 g/mol. The van der Waals surface area contributed by atoms with Crippen LogP contribution in [0.25, 0.3) is 11.4 Å². The molecule has 2 rings (SSSR count). The molecule has 102 valence electrons. The number of hydrogen-bond acceptors (Lipinski definition) is 4. The zero-order valence-electron chi connectivity index (χ0n) is 11.2. The molecule has 0 aromatic carbocycles. The maximum absolute atomic E-state index is 11.2. The molecule has 6 nitrogen and oxygen atoms in total. The topological polar surface area (TPSA) is 78.4 Å². The van der Waals surface area contributed by atoms with Gasteiger partial charge in [-0.05, 0) is 32.4 Å². The van der Waals surface area contributed by atoms with Gasteiger partial charge >= 0.3 is 0 Å². The van der Waals surface area contributed by atoms with Crippen molar-refractivity contribution in [1.29, 1.82) is 0 Å². The Morgan fingerprint density at radius 2 is 1.95 bits per heavy atom. The highest BCUT2D eigenvalue weighted by Gasteiger charge is 2.21. The normalized spacial score (nSPS) is 12.8. The number of nitrogens with one attached hydrogen (secondary N) is 1. The standard InChI is InChI=1S/C12H15ClN4O2/c1-6-5-9(13)8(3)14-10(6)11-7(2)12(17(18)19)16(4)15-11/h5,17-18H,1-4H3. The molecule has 0 spiro atoms. The number of aryl methyl sites for hydroxylation is 3. The predicted molar refractivity (Wildman–Crippen MR) is 71.4 cm³/mol. The molecule has 0 radical (unpaired) electrons. The van der Waals surface area contributed by atoms with Crippen LogP contribution < -0.4 is 5.23 Å². The lowest BCUT2D eigenvalue weighted by atomic mass is 10.1. The molecule has 2 aromatic heterocycles. The van der Waals surface area contributed by atoms with E-state index in [0.717, 1.165) is 5.56 Å². The lowest BCUT2D eigenvalue weighted by Gasteiger charge is -2.11.